The fourth-order valence-corrected chi connectivity index (χ4v) is 7.53. The van der Waals surface area contributed by atoms with Crippen molar-refractivity contribution in [1.82, 2.24) is 35.5 Å². The van der Waals surface area contributed by atoms with Gasteiger partial charge < -0.3 is 35.0 Å². The first-order valence-electron chi connectivity index (χ1n) is 18.5. The van der Waals surface area contributed by atoms with Gasteiger partial charge in [0.15, 0.2) is 0 Å². The normalized spacial score (nSPS) is 19.4. The van der Waals surface area contributed by atoms with Crippen LogP contribution in [0.15, 0.2) is 60.9 Å². The van der Waals surface area contributed by atoms with Crippen LogP contribution >= 0.6 is 0 Å². The van der Waals surface area contributed by atoms with Gasteiger partial charge in [0.2, 0.25) is 11.8 Å². The number of rotatable bonds is 13. The Balaban J connectivity index is 1.09. The van der Waals surface area contributed by atoms with Crippen molar-refractivity contribution < 1.29 is 23.9 Å². The van der Waals surface area contributed by atoms with Crippen molar-refractivity contribution in [2.24, 2.45) is 11.8 Å². The average molecular weight is 710 g/mol. The molecule has 1 aliphatic carbocycles. The Morgan fingerprint density at radius 3 is 2.04 bits per heavy atom. The number of amides is 3. The molecule has 1 saturated heterocycles. The molecule has 12 heteroatoms. The highest BCUT2D eigenvalue weighted by Crippen LogP contribution is 2.38. The largest absolute Gasteiger partial charge is 0.453 e. The third kappa shape index (κ3) is 8.39. The van der Waals surface area contributed by atoms with Crippen LogP contribution < -0.4 is 10.6 Å². The average Bonchev–Trinajstić information content (AvgIpc) is 3.97. The summed E-state index contributed by atoms with van der Waals surface area (Å²) in [5, 5.41) is 5.80. The standard InChI is InChI=1S/C40H51N7O5/c1-25(2)35(46-40(50)52-4)39(49)47-21-7-11-34(47)37-43-24-33(45-37)29-18-14-27(15-19-29)26-12-16-28(17-13-26)32-23-42-36(44-32)30-9-5-6-10-31(30)38(48)41-20-8-22-51-3/h12-19,23-25,30-31,34-35H,5-11,20-22H2,1-4H3,(H,41,48)(H,42,44)(H,43,45)(H,46,50)/t30?,31?,34-,35-/m0/s1. The predicted octanol–water partition coefficient (Wildman–Crippen LogP) is 6.60. The van der Waals surface area contributed by atoms with Crippen molar-refractivity contribution in [3.63, 3.8) is 0 Å². The molecule has 4 atom stereocenters. The quantitative estimate of drug-likeness (QED) is 0.114. The van der Waals surface area contributed by atoms with Crippen molar-refractivity contribution in [2.45, 2.75) is 76.8 Å². The summed E-state index contributed by atoms with van der Waals surface area (Å²) < 4.78 is 9.87. The number of hydrogen-bond acceptors (Lipinski definition) is 7. The van der Waals surface area contributed by atoms with Crippen molar-refractivity contribution in [2.75, 3.05) is 33.9 Å². The van der Waals surface area contributed by atoms with Gasteiger partial charge in [-0.3, -0.25) is 9.59 Å². The van der Waals surface area contributed by atoms with E-state index in [1.165, 1.54) is 7.11 Å². The monoisotopic (exact) mass is 709 g/mol. The van der Waals surface area contributed by atoms with Gasteiger partial charge in [-0.1, -0.05) is 75.2 Å². The predicted molar refractivity (Wildman–Crippen MR) is 199 cm³/mol. The molecule has 2 aromatic carbocycles. The lowest BCUT2D eigenvalue weighted by molar-refractivity contribution is -0.135. The molecule has 3 amide bonds. The smallest absolute Gasteiger partial charge is 0.407 e. The van der Waals surface area contributed by atoms with Crippen LogP contribution in [-0.4, -0.2) is 82.7 Å². The number of alkyl carbamates (subject to hydrolysis) is 1. The Labute approximate surface area is 305 Å². The molecule has 2 fully saturated rings. The van der Waals surface area contributed by atoms with Crippen molar-refractivity contribution >= 4 is 17.9 Å². The van der Waals surface area contributed by atoms with Crippen LogP contribution in [0, 0.1) is 11.8 Å². The minimum absolute atomic E-state index is 0.0742. The molecule has 1 saturated carbocycles. The molecule has 3 heterocycles. The molecule has 52 heavy (non-hydrogen) atoms. The van der Waals surface area contributed by atoms with Crippen LogP contribution in [0.1, 0.15) is 82.4 Å². The highest BCUT2D eigenvalue weighted by atomic mass is 16.5. The van der Waals surface area contributed by atoms with Gasteiger partial charge in [0.05, 0.1) is 36.9 Å². The Morgan fingerprint density at radius 2 is 1.42 bits per heavy atom. The molecule has 6 rings (SSSR count). The molecule has 0 spiro atoms. The number of H-pyrrole nitrogens is 2. The van der Waals surface area contributed by atoms with E-state index in [0.717, 1.165) is 90.2 Å². The van der Waals surface area contributed by atoms with Gasteiger partial charge in [0.25, 0.3) is 0 Å². The Bertz CT molecular complexity index is 1800. The molecule has 2 aromatic heterocycles. The second-order valence-corrected chi connectivity index (χ2v) is 14.2. The van der Waals surface area contributed by atoms with Gasteiger partial charge in [0, 0.05) is 38.6 Å². The summed E-state index contributed by atoms with van der Waals surface area (Å²) in [5.74, 6) is 1.52. The summed E-state index contributed by atoms with van der Waals surface area (Å²) in [5.41, 5.74) is 6.05. The van der Waals surface area contributed by atoms with Gasteiger partial charge in [-0.15, -0.1) is 0 Å². The third-order valence-electron chi connectivity index (χ3n) is 10.4. The van der Waals surface area contributed by atoms with E-state index in [2.05, 4.69) is 74.1 Å². The number of aromatic nitrogens is 4. The summed E-state index contributed by atoms with van der Waals surface area (Å²) in [6, 6.07) is 15.9. The summed E-state index contributed by atoms with van der Waals surface area (Å²) in [6.45, 7) is 5.68. The first-order valence-corrected chi connectivity index (χ1v) is 18.5. The number of imidazole rings is 2. The Kier molecular flexibility index (Phi) is 12.1. The zero-order valence-electron chi connectivity index (χ0n) is 30.6. The topological polar surface area (TPSA) is 154 Å². The number of likely N-dealkylation sites (tertiary alicyclic amines) is 1. The van der Waals surface area contributed by atoms with Crippen LogP contribution in [-0.2, 0) is 19.1 Å². The van der Waals surface area contributed by atoms with Crippen LogP contribution in [0.3, 0.4) is 0 Å². The number of carbonyl (C=O) groups excluding carboxylic acids is 3. The fourth-order valence-electron chi connectivity index (χ4n) is 7.53. The van der Waals surface area contributed by atoms with Crippen molar-refractivity contribution in [3.8, 4) is 33.6 Å². The minimum Gasteiger partial charge on any atom is -0.453 e. The molecular formula is C40H51N7O5. The first-order chi connectivity index (χ1) is 25.3. The fraction of sp³-hybridized carbons (Fsp3) is 0.475. The van der Waals surface area contributed by atoms with E-state index in [1.807, 2.05) is 31.1 Å². The van der Waals surface area contributed by atoms with Crippen LogP contribution in [0.4, 0.5) is 4.79 Å². The Morgan fingerprint density at radius 1 is 0.827 bits per heavy atom. The number of aromatic amines is 2. The molecule has 2 aliphatic rings. The lowest BCUT2D eigenvalue weighted by atomic mass is 9.78. The minimum atomic E-state index is -0.674. The SMILES string of the molecule is COCCCNC(=O)C1CCCCC1c1ncc(-c2ccc(-c3ccc(-c4cnc([C@@H]5CCCN5C(=O)[C@@H](NC(=O)OC)C(C)C)[nH]4)cc3)cc2)[nH]1. The molecule has 0 radical (unpaired) electrons. The van der Waals surface area contributed by atoms with Gasteiger partial charge in [-0.25, -0.2) is 14.8 Å². The molecular weight excluding hydrogens is 658 g/mol. The summed E-state index contributed by atoms with van der Waals surface area (Å²) in [6.07, 6.45) is 9.53. The van der Waals surface area contributed by atoms with E-state index in [1.54, 1.807) is 7.11 Å². The number of benzene rings is 2. The van der Waals surface area contributed by atoms with Gasteiger partial charge in [-0.05, 0) is 60.3 Å². The molecule has 4 N–H and O–H groups in total. The van der Waals surface area contributed by atoms with Gasteiger partial charge in [-0.2, -0.15) is 0 Å². The molecule has 2 unspecified atom stereocenters. The lowest BCUT2D eigenvalue weighted by Gasteiger charge is -2.30. The highest BCUT2D eigenvalue weighted by molar-refractivity contribution is 5.86. The van der Waals surface area contributed by atoms with Crippen molar-refractivity contribution in [1.29, 1.82) is 0 Å². The molecule has 276 valence electrons. The molecule has 12 nitrogen and oxygen atoms in total. The summed E-state index contributed by atoms with van der Waals surface area (Å²) in [4.78, 5) is 56.7. The number of carbonyl (C=O) groups is 3. The second-order valence-electron chi connectivity index (χ2n) is 14.2. The maximum absolute atomic E-state index is 13.5. The number of hydrogen-bond donors (Lipinski definition) is 4. The zero-order valence-corrected chi connectivity index (χ0v) is 30.6. The van der Waals surface area contributed by atoms with E-state index in [-0.39, 0.29) is 35.6 Å². The van der Waals surface area contributed by atoms with E-state index >= 15 is 0 Å². The van der Waals surface area contributed by atoms with Crippen molar-refractivity contribution in [3.05, 3.63) is 72.6 Å². The first kappa shape index (κ1) is 36.8. The second kappa shape index (κ2) is 17.0. The third-order valence-corrected chi connectivity index (χ3v) is 10.4. The zero-order chi connectivity index (χ0) is 36.6. The number of nitrogens with one attached hydrogen (secondary N) is 4. The maximum Gasteiger partial charge on any atom is 0.407 e. The Hall–Kier alpha value is -4.97. The van der Waals surface area contributed by atoms with Gasteiger partial charge in [0.1, 0.15) is 17.7 Å². The number of methoxy groups -OCH3 is 2. The summed E-state index contributed by atoms with van der Waals surface area (Å²) >= 11 is 0. The lowest BCUT2D eigenvalue weighted by Crippen LogP contribution is -2.51. The van der Waals surface area contributed by atoms with E-state index in [9.17, 15) is 14.4 Å². The van der Waals surface area contributed by atoms with Crippen LogP contribution in [0.25, 0.3) is 33.6 Å². The van der Waals surface area contributed by atoms with E-state index < -0.39 is 12.1 Å². The molecule has 1 aliphatic heterocycles. The number of nitrogens with zero attached hydrogens (tertiary/aromatic N) is 3. The summed E-state index contributed by atoms with van der Waals surface area (Å²) in [7, 11) is 2.97. The van der Waals surface area contributed by atoms with E-state index in [4.69, 9.17) is 14.5 Å². The number of ether oxygens (including phenoxy) is 2. The highest BCUT2D eigenvalue weighted by Gasteiger charge is 2.38. The maximum atomic E-state index is 13.5. The molecule has 0 bridgehead atoms. The van der Waals surface area contributed by atoms with Gasteiger partial charge >= 0.3 is 6.09 Å². The molecule has 4 aromatic rings. The van der Waals surface area contributed by atoms with E-state index in [0.29, 0.717) is 19.7 Å². The van der Waals surface area contributed by atoms with Crippen LogP contribution in [0.2, 0.25) is 0 Å². The van der Waals surface area contributed by atoms with Crippen LogP contribution in [0.5, 0.6) is 0 Å².